The summed E-state index contributed by atoms with van der Waals surface area (Å²) < 4.78 is 10.5. The van der Waals surface area contributed by atoms with Gasteiger partial charge in [-0.25, -0.2) is 0 Å². The molecule has 0 amide bonds. The lowest BCUT2D eigenvalue weighted by molar-refractivity contribution is 0.101. The average molecular weight is 262 g/mol. The molecule has 0 fully saturated rings. The summed E-state index contributed by atoms with van der Waals surface area (Å²) in [5.74, 6) is 0. The quantitative estimate of drug-likeness (QED) is 0.593. The molecule has 0 rings (SSSR count). The van der Waals surface area contributed by atoms with Gasteiger partial charge in [-0.2, -0.15) is 0 Å². The van der Waals surface area contributed by atoms with Crippen LogP contribution in [0.2, 0.25) is 0 Å². The normalized spacial score (nSPS) is 19.2. The van der Waals surface area contributed by atoms with E-state index in [4.69, 9.17) is 0 Å². The minimum absolute atomic E-state index is 0.185. The summed E-state index contributed by atoms with van der Waals surface area (Å²) in [6, 6.07) is 0. The fourth-order valence-corrected chi connectivity index (χ4v) is 1.22. The molecule has 0 saturated heterocycles. The SMILES string of the molecule is CS(=O)C(I)C(C)(C)O. The van der Waals surface area contributed by atoms with Crippen LogP contribution >= 0.6 is 22.6 Å². The first-order valence-electron chi connectivity index (χ1n) is 2.54. The molecule has 0 bridgehead atoms. The van der Waals surface area contributed by atoms with Crippen LogP contribution in [0, 0.1) is 0 Å². The Kier molecular flexibility index (Phi) is 3.60. The minimum Gasteiger partial charge on any atom is -0.388 e. The van der Waals surface area contributed by atoms with E-state index in [-0.39, 0.29) is 3.26 Å². The Bertz CT molecular complexity index is 119. The van der Waals surface area contributed by atoms with E-state index in [0.29, 0.717) is 0 Å². The predicted octanol–water partition coefficient (Wildman–Crippen LogP) is 0.897. The Morgan fingerprint density at radius 1 is 1.67 bits per heavy atom. The van der Waals surface area contributed by atoms with Crippen LogP contribution in [0.25, 0.3) is 0 Å². The summed E-state index contributed by atoms with van der Waals surface area (Å²) in [5.41, 5.74) is -0.833. The van der Waals surface area contributed by atoms with E-state index >= 15 is 0 Å². The molecular formula is C5H11IO2S. The second kappa shape index (κ2) is 3.30. The second-order valence-corrected chi connectivity index (χ2v) is 6.03. The summed E-state index contributed by atoms with van der Waals surface area (Å²) in [5, 5.41) is 9.26. The topological polar surface area (TPSA) is 37.3 Å². The van der Waals surface area contributed by atoms with Crippen LogP contribution in [-0.4, -0.2) is 24.4 Å². The van der Waals surface area contributed by atoms with E-state index in [2.05, 4.69) is 0 Å². The van der Waals surface area contributed by atoms with Crippen molar-refractivity contribution in [1.29, 1.82) is 0 Å². The zero-order valence-electron chi connectivity index (χ0n) is 5.72. The smallest absolute Gasteiger partial charge is 0.114 e. The number of rotatable bonds is 2. The summed E-state index contributed by atoms with van der Waals surface area (Å²) in [6.07, 6.45) is 1.59. The number of aliphatic hydroxyl groups is 1. The van der Waals surface area contributed by atoms with Crippen LogP contribution in [-0.2, 0) is 10.8 Å². The fourth-order valence-electron chi connectivity index (χ4n) is 0.406. The molecule has 0 radical (unpaired) electrons. The molecule has 56 valence electrons. The Balaban J connectivity index is 4.04. The van der Waals surface area contributed by atoms with Crippen molar-refractivity contribution in [2.45, 2.75) is 22.7 Å². The lowest BCUT2D eigenvalue weighted by Gasteiger charge is -2.21. The number of halogens is 1. The summed E-state index contributed by atoms with van der Waals surface area (Å²) in [7, 11) is -0.943. The van der Waals surface area contributed by atoms with Crippen molar-refractivity contribution >= 4 is 33.4 Å². The molecule has 0 spiro atoms. The maximum atomic E-state index is 10.7. The molecule has 2 nitrogen and oxygen atoms in total. The van der Waals surface area contributed by atoms with Gasteiger partial charge in [0.25, 0.3) is 0 Å². The third-order valence-corrected chi connectivity index (χ3v) is 5.68. The third kappa shape index (κ3) is 3.52. The van der Waals surface area contributed by atoms with E-state index in [1.165, 1.54) is 0 Å². The highest BCUT2D eigenvalue weighted by molar-refractivity contribution is 14.1. The first kappa shape index (κ1) is 9.84. The first-order valence-corrected chi connectivity index (χ1v) is 5.41. The standard InChI is InChI=1S/C5H11IO2S/c1-5(2,7)4(6)9(3)8/h4,7H,1-3H3. The predicted molar refractivity (Wildman–Crippen MR) is 48.2 cm³/mol. The van der Waals surface area contributed by atoms with E-state index in [9.17, 15) is 9.32 Å². The zero-order valence-corrected chi connectivity index (χ0v) is 8.69. The second-order valence-electron chi connectivity index (χ2n) is 2.47. The highest BCUT2D eigenvalue weighted by atomic mass is 127. The van der Waals surface area contributed by atoms with Gasteiger partial charge < -0.3 is 5.11 Å². The largest absolute Gasteiger partial charge is 0.388 e. The van der Waals surface area contributed by atoms with Gasteiger partial charge in [0.05, 0.1) is 5.60 Å². The molecule has 0 aromatic heterocycles. The monoisotopic (exact) mass is 262 g/mol. The van der Waals surface area contributed by atoms with Gasteiger partial charge in [-0.15, -0.1) is 0 Å². The van der Waals surface area contributed by atoms with E-state index in [1.807, 2.05) is 22.6 Å². The van der Waals surface area contributed by atoms with Gasteiger partial charge >= 0.3 is 0 Å². The lowest BCUT2D eigenvalue weighted by Crippen LogP contribution is -2.33. The lowest BCUT2D eigenvalue weighted by atomic mass is 10.2. The number of hydrogen-bond donors (Lipinski definition) is 1. The molecule has 0 aliphatic rings. The molecule has 1 N–H and O–H groups in total. The van der Waals surface area contributed by atoms with Crippen molar-refractivity contribution in [3.05, 3.63) is 0 Å². The molecule has 9 heavy (non-hydrogen) atoms. The molecule has 0 heterocycles. The summed E-state index contributed by atoms with van der Waals surface area (Å²) in [4.78, 5) is 0. The molecule has 0 aromatic rings. The summed E-state index contributed by atoms with van der Waals surface area (Å²) in [6.45, 7) is 3.32. The Labute approximate surface area is 71.6 Å². The molecule has 2 atom stereocenters. The fraction of sp³-hybridized carbons (Fsp3) is 1.00. The van der Waals surface area contributed by atoms with Crippen LogP contribution in [0.1, 0.15) is 13.8 Å². The molecule has 4 heteroatoms. The van der Waals surface area contributed by atoms with Gasteiger partial charge in [0, 0.05) is 17.1 Å². The molecule has 0 aliphatic carbocycles. The summed E-state index contributed by atoms with van der Waals surface area (Å²) >= 11 is 1.99. The van der Waals surface area contributed by atoms with Gasteiger partial charge in [-0.05, 0) is 13.8 Å². The van der Waals surface area contributed by atoms with Crippen LogP contribution < -0.4 is 0 Å². The Morgan fingerprint density at radius 2 is 2.00 bits per heavy atom. The average Bonchev–Trinajstić information content (AvgIpc) is 1.62. The zero-order chi connectivity index (χ0) is 7.65. The van der Waals surface area contributed by atoms with Crippen molar-refractivity contribution in [3.8, 4) is 0 Å². The van der Waals surface area contributed by atoms with E-state index < -0.39 is 16.4 Å². The number of hydrogen-bond acceptors (Lipinski definition) is 2. The Morgan fingerprint density at radius 3 is 2.00 bits per heavy atom. The van der Waals surface area contributed by atoms with Crippen LogP contribution in [0.4, 0.5) is 0 Å². The van der Waals surface area contributed by atoms with Crippen molar-refractivity contribution in [2.24, 2.45) is 0 Å². The number of alkyl halides is 1. The minimum atomic E-state index is -0.943. The van der Waals surface area contributed by atoms with Crippen LogP contribution in [0.15, 0.2) is 0 Å². The van der Waals surface area contributed by atoms with E-state index in [0.717, 1.165) is 0 Å². The van der Waals surface area contributed by atoms with Crippen LogP contribution in [0.5, 0.6) is 0 Å². The highest BCUT2D eigenvalue weighted by Gasteiger charge is 2.26. The van der Waals surface area contributed by atoms with Gasteiger partial charge in [0.15, 0.2) is 0 Å². The van der Waals surface area contributed by atoms with Crippen molar-refractivity contribution in [1.82, 2.24) is 0 Å². The van der Waals surface area contributed by atoms with Gasteiger partial charge in [0.1, 0.15) is 3.26 Å². The third-order valence-electron chi connectivity index (χ3n) is 0.847. The molecule has 0 saturated carbocycles. The van der Waals surface area contributed by atoms with Crippen LogP contribution in [0.3, 0.4) is 0 Å². The van der Waals surface area contributed by atoms with Crippen molar-refractivity contribution < 1.29 is 9.32 Å². The Hall–Kier alpha value is 0.840. The highest BCUT2D eigenvalue weighted by Crippen LogP contribution is 2.19. The van der Waals surface area contributed by atoms with Gasteiger partial charge in [-0.3, -0.25) is 4.21 Å². The maximum Gasteiger partial charge on any atom is 0.114 e. The molecule has 0 aromatic carbocycles. The molecular weight excluding hydrogens is 251 g/mol. The van der Waals surface area contributed by atoms with Gasteiger partial charge in [0.2, 0.25) is 0 Å². The first-order chi connectivity index (χ1) is 3.85. The van der Waals surface area contributed by atoms with Gasteiger partial charge in [-0.1, -0.05) is 22.6 Å². The van der Waals surface area contributed by atoms with E-state index in [1.54, 1.807) is 20.1 Å². The van der Waals surface area contributed by atoms with Crippen molar-refractivity contribution in [2.75, 3.05) is 6.26 Å². The maximum absolute atomic E-state index is 10.7. The van der Waals surface area contributed by atoms with Crippen molar-refractivity contribution in [3.63, 3.8) is 0 Å². The molecule has 2 unspecified atom stereocenters. The molecule has 0 aliphatic heterocycles.